The second-order valence-corrected chi connectivity index (χ2v) is 6.91. The number of rotatable bonds is 6. The molecule has 0 spiro atoms. The van der Waals surface area contributed by atoms with E-state index in [2.05, 4.69) is 10.3 Å². The molecule has 0 saturated heterocycles. The molecule has 126 valence electrons. The lowest BCUT2D eigenvalue weighted by molar-refractivity contribution is 0.390. The van der Waals surface area contributed by atoms with Crippen molar-refractivity contribution in [2.24, 2.45) is 0 Å². The van der Waals surface area contributed by atoms with Crippen LogP contribution in [0.3, 0.4) is 0 Å². The number of para-hydroxylation sites is 1. The van der Waals surface area contributed by atoms with Gasteiger partial charge in [0, 0.05) is 22.6 Å². The number of halogens is 1. The Morgan fingerprint density at radius 3 is 2.79 bits per heavy atom. The molecule has 0 radical (unpaired) electrons. The van der Waals surface area contributed by atoms with Crippen LogP contribution in [0.4, 0.5) is 4.39 Å². The highest BCUT2D eigenvalue weighted by Gasteiger charge is 2.15. The van der Waals surface area contributed by atoms with Crippen LogP contribution in [-0.2, 0) is 28.7 Å². The van der Waals surface area contributed by atoms with E-state index in [1.807, 2.05) is 13.8 Å². The highest BCUT2D eigenvalue weighted by molar-refractivity contribution is 7.83. The fourth-order valence-corrected chi connectivity index (χ4v) is 3.76. The molecule has 0 bridgehead atoms. The molecule has 0 N–H and O–H groups in total. The fourth-order valence-electron chi connectivity index (χ4n) is 2.49. The fraction of sp³-hybridized carbons (Fsp3) is 0.294. The van der Waals surface area contributed by atoms with Gasteiger partial charge in [0.25, 0.3) is 0 Å². The zero-order valence-electron chi connectivity index (χ0n) is 13.5. The summed E-state index contributed by atoms with van der Waals surface area (Å²) in [7, 11) is -1.14. The van der Waals surface area contributed by atoms with Gasteiger partial charge >= 0.3 is 0 Å². The average Bonchev–Trinajstić information content (AvgIpc) is 3.15. The van der Waals surface area contributed by atoms with Gasteiger partial charge in [-0.25, -0.2) is 9.07 Å². The van der Waals surface area contributed by atoms with Gasteiger partial charge in [-0.15, -0.1) is 0 Å². The van der Waals surface area contributed by atoms with Crippen LogP contribution in [0.15, 0.2) is 41.1 Å². The highest BCUT2D eigenvalue weighted by atomic mass is 32.2. The number of nitrogens with zero attached hydrogens (tertiary/aromatic N) is 3. The maximum absolute atomic E-state index is 13.8. The molecule has 0 aliphatic carbocycles. The quantitative estimate of drug-likeness (QED) is 0.686. The number of aromatic nitrogens is 3. The van der Waals surface area contributed by atoms with E-state index in [-0.39, 0.29) is 5.82 Å². The van der Waals surface area contributed by atoms with Crippen molar-refractivity contribution in [2.45, 2.75) is 31.8 Å². The summed E-state index contributed by atoms with van der Waals surface area (Å²) in [6.07, 6.45) is 2.42. The summed E-state index contributed by atoms with van der Waals surface area (Å²) in [4.78, 5) is 0. The first-order chi connectivity index (χ1) is 11.6. The molecule has 0 unspecified atom stereocenters. The third-order valence-corrected chi connectivity index (χ3v) is 4.99. The van der Waals surface area contributed by atoms with Crippen LogP contribution >= 0.6 is 0 Å². The summed E-state index contributed by atoms with van der Waals surface area (Å²) in [5.41, 5.74) is 2.78. The van der Waals surface area contributed by atoms with Crippen LogP contribution < -0.4 is 0 Å². The molecule has 2 heterocycles. The highest BCUT2D eigenvalue weighted by Crippen LogP contribution is 2.18. The van der Waals surface area contributed by atoms with Gasteiger partial charge in [-0.2, -0.15) is 5.10 Å². The summed E-state index contributed by atoms with van der Waals surface area (Å²) < 4.78 is 32.8. The third-order valence-electron chi connectivity index (χ3n) is 3.76. The van der Waals surface area contributed by atoms with Gasteiger partial charge < -0.3 is 4.52 Å². The topological polar surface area (TPSA) is 60.9 Å². The van der Waals surface area contributed by atoms with Gasteiger partial charge in [0.2, 0.25) is 0 Å². The molecule has 0 aliphatic rings. The van der Waals surface area contributed by atoms with E-state index in [1.54, 1.807) is 30.5 Å². The van der Waals surface area contributed by atoms with E-state index in [1.165, 1.54) is 10.7 Å². The first kappa shape index (κ1) is 16.6. The Morgan fingerprint density at radius 1 is 1.25 bits per heavy atom. The van der Waals surface area contributed by atoms with E-state index in [0.29, 0.717) is 28.6 Å². The maximum atomic E-state index is 13.8. The smallest absolute Gasteiger partial charge is 0.148 e. The summed E-state index contributed by atoms with van der Waals surface area (Å²) >= 11 is 0. The molecule has 0 saturated carbocycles. The lowest BCUT2D eigenvalue weighted by Crippen LogP contribution is -2.04. The normalized spacial score (nSPS) is 12.5. The van der Waals surface area contributed by atoms with E-state index in [9.17, 15) is 8.60 Å². The standard InChI is InChI=1S/C17H18FN3O2S/c1-3-16-14(12(2)23-20-16)11-24(22)10-13-8-9-21(19-13)17-7-5-4-6-15(17)18/h4-9H,3,10-11H2,1-2H3/t24-/m1/s1. The zero-order valence-corrected chi connectivity index (χ0v) is 14.3. The average molecular weight is 347 g/mol. The van der Waals surface area contributed by atoms with Crippen molar-refractivity contribution in [1.82, 2.24) is 14.9 Å². The van der Waals surface area contributed by atoms with Crippen LogP contribution in [0, 0.1) is 12.7 Å². The Bertz CT molecular complexity index is 872. The summed E-state index contributed by atoms with van der Waals surface area (Å²) in [6, 6.07) is 8.17. The van der Waals surface area contributed by atoms with E-state index >= 15 is 0 Å². The Balaban J connectivity index is 1.72. The van der Waals surface area contributed by atoms with Crippen LogP contribution in [-0.4, -0.2) is 19.1 Å². The summed E-state index contributed by atoms with van der Waals surface area (Å²) in [5, 5.41) is 8.30. The van der Waals surface area contributed by atoms with Gasteiger partial charge in [0.15, 0.2) is 0 Å². The van der Waals surface area contributed by atoms with Crippen molar-refractivity contribution >= 4 is 10.8 Å². The second kappa shape index (κ2) is 7.09. The largest absolute Gasteiger partial charge is 0.361 e. The Labute approximate surface area is 141 Å². The van der Waals surface area contributed by atoms with Crippen molar-refractivity contribution in [3.8, 4) is 5.69 Å². The minimum absolute atomic E-state index is 0.301. The number of aryl methyl sites for hydroxylation is 2. The molecule has 1 aromatic carbocycles. The van der Waals surface area contributed by atoms with E-state index in [4.69, 9.17) is 4.52 Å². The Kier molecular flexibility index (Phi) is 4.89. The van der Waals surface area contributed by atoms with E-state index in [0.717, 1.165) is 17.7 Å². The van der Waals surface area contributed by atoms with Crippen LogP contribution in [0.25, 0.3) is 5.69 Å². The molecular formula is C17H18FN3O2S. The number of hydrogen-bond donors (Lipinski definition) is 0. The zero-order chi connectivity index (χ0) is 17.1. The Hall–Kier alpha value is -2.28. The molecule has 0 amide bonds. The van der Waals surface area contributed by atoms with Crippen molar-refractivity contribution in [3.63, 3.8) is 0 Å². The molecule has 0 aliphatic heterocycles. The summed E-state index contributed by atoms with van der Waals surface area (Å²) in [6.45, 7) is 3.81. The molecule has 0 fully saturated rings. The molecule has 1 atom stereocenters. The molecule has 2 aromatic heterocycles. The van der Waals surface area contributed by atoms with Gasteiger partial charge in [0.1, 0.15) is 17.3 Å². The first-order valence-electron chi connectivity index (χ1n) is 7.67. The van der Waals surface area contributed by atoms with Crippen LogP contribution in [0.5, 0.6) is 0 Å². The van der Waals surface area contributed by atoms with Gasteiger partial charge in [0.05, 0.1) is 22.9 Å². The lowest BCUT2D eigenvalue weighted by Gasteiger charge is -2.03. The molecule has 7 heteroatoms. The SMILES string of the molecule is CCc1noc(C)c1C[S@](=O)Cc1ccn(-c2ccccc2F)n1. The summed E-state index contributed by atoms with van der Waals surface area (Å²) in [5.74, 6) is 1.04. The minimum atomic E-state index is -1.14. The molecule has 5 nitrogen and oxygen atoms in total. The monoisotopic (exact) mass is 347 g/mol. The number of benzene rings is 1. The van der Waals surface area contributed by atoms with Crippen molar-refractivity contribution < 1.29 is 13.1 Å². The van der Waals surface area contributed by atoms with Crippen molar-refractivity contribution in [1.29, 1.82) is 0 Å². The predicted octanol–water partition coefficient (Wildman–Crippen LogP) is 3.32. The number of hydrogen-bond acceptors (Lipinski definition) is 4. The van der Waals surface area contributed by atoms with Gasteiger partial charge in [-0.1, -0.05) is 24.2 Å². The van der Waals surface area contributed by atoms with Gasteiger partial charge in [-0.05, 0) is 31.5 Å². The Morgan fingerprint density at radius 2 is 2.04 bits per heavy atom. The predicted molar refractivity (Wildman–Crippen MR) is 89.7 cm³/mol. The lowest BCUT2D eigenvalue weighted by atomic mass is 10.2. The molecule has 3 rings (SSSR count). The van der Waals surface area contributed by atoms with E-state index < -0.39 is 10.8 Å². The maximum Gasteiger partial charge on any atom is 0.148 e. The molecular weight excluding hydrogens is 329 g/mol. The van der Waals surface area contributed by atoms with Crippen molar-refractivity contribution in [2.75, 3.05) is 0 Å². The third kappa shape index (κ3) is 3.46. The van der Waals surface area contributed by atoms with Crippen LogP contribution in [0.1, 0.15) is 29.6 Å². The second-order valence-electron chi connectivity index (χ2n) is 5.45. The first-order valence-corrected chi connectivity index (χ1v) is 9.15. The minimum Gasteiger partial charge on any atom is -0.361 e. The molecule has 3 aromatic rings. The molecule has 24 heavy (non-hydrogen) atoms. The van der Waals surface area contributed by atoms with Crippen LogP contribution in [0.2, 0.25) is 0 Å². The van der Waals surface area contributed by atoms with Gasteiger partial charge in [-0.3, -0.25) is 4.21 Å². The van der Waals surface area contributed by atoms with Crippen molar-refractivity contribution in [3.05, 3.63) is 65.1 Å².